The summed E-state index contributed by atoms with van der Waals surface area (Å²) >= 11 is 0. The number of ether oxygens (including phenoxy) is 1. The molecular weight excluding hydrogens is 494 g/mol. The minimum atomic E-state index is -0.197. The minimum absolute atomic E-state index is 0.0768. The first-order valence-corrected chi connectivity index (χ1v) is 13.7. The second kappa shape index (κ2) is 11.7. The smallest absolute Gasteiger partial charge is 0.256 e. The fourth-order valence-electron chi connectivity index (χ4n) is 5.11. The van der Waals surface area contributed by atoms with Crippen molar-refractivity contribution < 1.29 is 18.8 Å². The van der Waals surface area contributed by atoms with E-state index in [2.05, 4.69) is 53.3 Å². The molecule has 1 aromatic heterocycles. The van der Waals surface area contributed by atoms with Crippen LogP contribution in [0.4, 0.5) is 5.69 Å². The fourth-order valence-corrected chi connectivity index (χ4v) is 5.11. The van der Waals surface area contributed by atoms with Crippen LogP contribution in [-0.4, -0.2) is 71.1 Å². The third-order valence-corrected chi connectivity index (χ3v) is 7.43. The van der Waals surface area contributed by atoms with Crippen LogP contribution in [0, 0.1) is 5.92 Å². The molecule has 2 fully saturated rings. The highest BCUT2D eigenvalue weighted by Gasteiger charge is 2.28. The van der Waals surface area contributed by atoms with Gasteiger partial charge in [-0.3, -0.25) is 14.5 Å². The molecule has 2 aromatic carbocycles. The van der Waals surface area contributed by atoms with Gasteiger partial charge in [0.1, 0.15) is 0 Å². The van der Waals surface area contributed by atoms with E-state index in [1.165, 1.54) is 5.56 Å². The van der Waals surface area contributed by atoms with Crippen LogP contribution < -0.4 is 5.32 Å². The van der Waals surface area contributed by atoms with Gasteiger partial charge in [-0.25, -0.2) is 0 Å². The highest BCUT2D eigenvalue weighted by atomic mass is 16.5. The standard InChI is InChI=1S/C30H37N5O4/c1-30(2,3)23-12-10-21(11-13-23)27-32-26(39-33-27)20-34-14-6-7-22(19-34)28(36)31-25-9-5-4-8-24(25)29(37)35-15-17-38-18-16-35/h4-5,8-13,22H,6-7,14-20H2,1-3H3,(H,31,36). The van der Waals surface area contributed by atoms with Crippen molar-refractivity contribution in [3.05, 3.63) is 65.5 Å². The van der Waals surface area contributed by atoms with Gasteiger partial charge in [0.05, 0.1) is 36.9 Å². The number of carbonyl (C=O) groups is 2. The van der Waals surface area contributed by atoms with E-state index >= 15 is 0 Å². The average molecular weight is 532 g/mol. The van der Waals surface area contributed by atoms with Crippen molar-refractivity contribution in [2.24, 2.45) is 5.92 Å². The summed E-state index contributed by atoms with van der Waals surface area (Å²) in [4.78, 5) is 34.9. The summed E-state index contributed by atoms with van der Waals surface area (Å²) in [7, 11) is 0. The Morgan fingerprint density at radius 2 is 1.77 bits per heavy atom. The Morgan fingerprint density at radius 1 is 1.03 bits per heavy atom. The van der Waals surface area contributed by atoms with E-state index < -0.39 is 0 Å². The first-order valence-electron chi connectivity index (χ1n) is 13.7. The molecular formula is C30H37N5O4. The summed E-state index contributed by atoms with van der Waals surface area (Å²) in [6, 6.07) is 15.5. The lowest BCUT2D eigenvalue weighted by Crippen LogP contribution is -2.42. The maximum atomic E-state index is 13.3. The maximum Gasteiger partial charge on any atom is 0.256 e. The lowest BCUT2D eigenvalue weighted by atomic mass is 9.87. The van der Waals surface area contributed by atoms with Crippen LogP contribution in [0.3, 0.4) is 0 Å². The van der Waals surface area contributed by atoms with Gasteiger partial charge in [0.2, 0.25) is 17.6 Å². The molecule has 0 bridgehead atoms. The predicted octanol–water partition coefficient (Wildman–Crippen LogP) is 4.36. The summed E-state index contributed by atoms with van der Waals surface area (Å²) in [5, 5.41) is 7.21. The Bertz CT molecular complexity index is 1290. The van der Waals surface area contributed by atoms with Gasteiger partial charge in [0.25, 0.3) is 5.91 Å². The van der Waals surface area contributed by atoms with Gasteiger partial charge < -0.3 is 19.5 Å². The second-order valence-electron chi connectivity index (χ2n) is 11.4. The van der Waals surface area contributed by atoms with Crippen molar-refractivity contribution in [3.8, 4) is 11.4 Å². The number of hydrogen-bond donors (Lipinski definition) is 1. The normalized spacial score (nSPS) is 18.6. The zero-order valence-electron chi connectivity index (χ0n) is 23.0. The molecule has 3 heterocycles. The van der Waals surface area contributed by atoms with Gasteiger partial charge in [-0.2, -0.15) is 4.98 Å². The van der Waals surface area contributed by atoms with Gasteiger partial charge in [0.15, 0.2) is 0 Å². The number of nitrogens with one attached hydrogen (secondary N) is 1. The Balaban J connectivity index is 1.20. The molecule has 2 amide bonds. The molecule has 9 nitrogen and oxygen atoms in total. The highest BCUT2D eigenvalue weighted by Crippen LogP contribution is 2.26. The molecule has 1 atom stereocenters. The molecule has 1 unspecified atom stereocenters. The molecule has 0 aliphatic carbocycles. The summed E-state index contributed by atoms with van der Waals surface area (Å²) in [6.07, 6.45) is 1.68. The molecule has 0 saturated carbocycles. The first-order chi connectivity index (χ1) is 18.8. The van der Waals surface area contributed by atoms with E-state index in [9.17, 15) is 9.59 Å². The molecule has 3 aromatic rings. The largest absolute Gasteiger partial charge is 0.378 e. The van der Waals surface area contributed by atoms with E-state index in [1.807, 2.05) is 24.3 Å². The Hall–Kier alpha value is -3.56. The summed E-state index contributed by atoms with van der Waals surface area (Å²) < 4.78 is 10.9. The van der Waals surface area contributed by atoms with Gasteiger partial charge in [0, 0.05) is 25.2 Å². The number of hydrogen-bond acceptors (Lipinski definition) is 7. The van der Waals surface area contributed by atoms with Gasteiger partial charge in [-0.05, 0) is 42.5 Å². The number of aromatic nitrogens is 2. The number of rotatable bonds is 6. The monoisotopic (exact) mass is 531 g/mol. The molecule has 2 saturated heterocycles. The molecule has 2 aliphatic heterocycles. The third kappa shape index (κ3) is 6.54. The number of piperidine rings is 1. The number of anilines is 1. The van der Waals surface area contributed by atoms with E-state index in [1.54, 1.807) is 17.0 Å². The number of morpholine rings is 1. The molecule has 1 N–H and O–H groups in total. The van der Waals surface area contributed by atoms with E-state index in [0.717, 1.165) is 24.9 Å². The topological polar surface area (TPSA) is 101 Å². The minimum Gasteiger partial charge on any atom is -0.378 e. The Kier molecular flexibility index (Phi) is 8.09. The van der Waals surface area contributed by atoms with Crippen molar-refractivity contribution in [2.45, 2.75) is 45.6 Å². The van der Waals surface area contributed by atoms with Gasteiger partial charge >= 0.3 is 0 Å². The maximum absolute atomic E-state index is 13.3. The number of nitrogens with zero attached hydrogens (tertiary/aromatic N) is 4. The Labute approximate surface area is 229 Å². The summed E-state index contributed by atoms with van der Waals surface area (Å²) in [5.74, 6) is 0.746. The number of likely N-dealkylation sites (tertiary alicyclic amines) is 1. The van der Waals surface area contributed by atoms with Crippen LogP contribution >= 0.6 is 0 Å². The molecule has 0 spiro atoms. The SMILES string of the molecule is CC(C)(C)c1ccc(-c2noc(CN3CCCC(C(=O)Nc4ccccc4C(=O)N4CCOCC4)C3)n2)cc1. The molecule has 0 radical (unpaired) electrons. The number of carbonyl (C=O) groups excluding carboxylic acids is 2. The van der Waals surface area contributed by atoms with E-state index in [-0.39, 0.29) is 23.1 Å². The lowest BCUT2D eigenvalue weighted by molar-refractivity contribution is -0.121. The molecule has 2 aliphatic rings. The van der Waals surface area contributed by atoms with Crippen molar-refractivity contribution in [1.29, 1.82) is 0 Å². The van der Waals surface area contributed by atoms with E-state index in [0.29, 0.717) is 62.4 Å². The van der Waals surface area contributed by atoms with Crippen molar-refractivity contribution in [1.82, 2.24) is 19.9 Å². The second-order valence-corrected chi connectivity index (χ2v) is 11.4. The number of para-hydroxylation sites is 1. The first kappa shape index (κ1) is 27.0. The van der Waals surface area contributed by atoms with Crippen LogP contribution in [0.5, 0.6) is 0 Å². The predicted molar refractivity (Wildman–Crippen MR) is 148 cm³/mol. The van der Waals surface area contributed by atoms with Crippen molar-refractivity contribution in [2.75, 3.05) is 44.7 Å². The quantitative estimate of drug-likeness (QED) is 0.504. The summed E-state index contributed by atoms with van der Waals surface area (Å²) in [6.45, 7) is 10.7. The van der Waals surface area contributed by atoms with Gasteiger partial charge in [-0.1, -0.05) is 62.3 Å². The third-order valence-electron chi connectivity index (χ3n) is 7.43. The van der Waals surface area contributed by atoms with Crippen LogP contribution in [-0.2, 0) is 21.5 Å². The average Bonchev–Trinajstić information content (AvgIpc) is 3.41. The van der Waals surface area contributed by atoms with Crippen LogP contribution in [0.2, 0.25) is 0 Å². The Morgan fingerprint density at radius 3 is 2.51 bits per heavy atom. The zero-order chi connectivity index (χ0) is 27.4. The summed E-state index contributed by atoms with van der Waals surface area (Å²) in [5.41, 5.74) is 3.31. The number of amides is 2. The van der Waals surface area contributed by atoms with Crippen LogP contribution in [0.25, 0.3) is 11.4 Å². The molecule has 5 rings (SSSR count). The molecule has 39 heavy (non-hydrogen) atoms. The molecule has 206 valence electrons. The zero-order valence-corrected chi connectivity index (χ0v) is 23.0. The molecule has 9 heteroatoms. The highest BCUT2D eigenvalue weighted by molar-refractivity contribution is 6.04. The number of benzene rings is 2. The fraction of sp³-hybridized carbons (Fsp3) is 0.467. The van der Waals surface area contributed by atoms with Gasteiger partial charge in [-0.15, -0.1) is 0 Å². The van der Waals surface area contributed by atoms with Crippen molar-refractivity contribution in [3.63, 3.8) is 0 Å². The van der Waals surface area contributed by atoms with Crippen LogP contribution in [0.15, 0.2) is 53.1 Å². The lowest BCUT2D eigenvalue weighted by Gasteiger charge is -2.31. The van der Waals surface area contributed by atoms with E-state index in [4.69, 9.17) is 9.26 Å². The van der Waals surface area contributed by atoms with Crippen molar-refractivity contribution >= 4 is 17.5 Å². The van der Waals surface area contributed by atoms with Crippen LogP contribution in [0.1, 0.15) is 55.4 Å².